The summed E-state index contributed by atoms with van der Waals surface area (Å²) in [4.78, 5) is 32.5. The Bertz CT molecular complexity index is 806. The maximum atomic E-state index is 12.8. The third kappa shape index (κ3) is 6.20. The van der Waals surface area contributed by atoms with Gasteiger partial charge in [0, 0.05) is 50.9 Å². The van der Waals surface area contributed by atoms with E-state index in [1.165, 1.54) is 19.3 Å². The first-order valence-electron chi connectivity index (χ1n) is 10.2. The van der Waals surface area contributed by atoms with E-state index in [2.05, 4.69) is 15.2 Å². The van der Waals surface area contributed by atoms with E-state index in [4.69, 9.17) is 5.73 Å². The van der Waals surface area contributed by atoms with Crippen molar-refractivity contribution in [1.82, 2.24) is 15.2 Å². The molecule has 1 fully saturated rings. The molecule has 0 atom stereocenters. The molecule has 3 N–H and O–H groups in total. The number of anilines is 1. The molecule has 0 spiro atoms. The zero-order valence-corrected chi connectivity index (χ0v) is 16.7. The van der Waals surface area contributed by atoms with Gasteiger partial charge in [-0.2, -0.15) is 0 Å². The highest BCUT2D eigenvalue weighted by Gasteiger charge is 2.18. The van der Waals surface area contributed by atoms with Crippen molar-refractivity contribution < 1.29 is 9.59 Å². The van der Waals surface area contributed by atoms with Crippen molar-refractivity contribution in [2.45, 2.75) is 38.8 Å². The molecule has 0 saturated carbocycles. The summed E-state index contributed by atoms with van der Waals surface area (Å²) in [6.45, 7) is 3.09. The molecule has 1 aromatic carbocycles. The number of nitrogens with zero attached hydrogens (tertiary/aromatic N) is 3. The van der Waals surface area contributed by atoms with Gasteiger partial charge in [0.2, 0.25) is 5.91 Å². The summed E-state index contributed by atoms with van der Waals surface area (Å²) < 4.78 is 0. The van der Waals surface area contributed by atoms with Crippen LogP contribution in [0.1, 0.15) is 36.8 Å². The van der Waals surface area contributed by atoms with Gasteiger partial charge in [-0.1, -0.05) is 36.4 Å². The number of primary amides is 1. The molecule has 1 aliphatic heterocycles. The van der Waals surface area contributed by atoms with E-state index in [1.807, 2.05) is 42.5 Å². The number of rotatable bonds is 8. The number of hydrogen-bond acceptors (Lipinski definition) is 4. The van der Waals surface area contributed by atoms with Gasteiger partial charge in [0.05, 0.1) is 0 Å². The topological polar surface area (TPSA) is 91.6 Å². The molecule has 29 heavy (non-hydrogen) atoms. The predicted octanol–water partition coefficient (Wildman–Crippen LogP) is 2.66. The number of carbonyl (C=O) groups is 2. The monoisotopic (exact) mass is 395 g/mol. The second-order valence-electron chi connectivity index (χ2n) is 7.32. The minimum atomic E-state index is -0.421. The zero-order valence-electron chi connectivity index (χ0n) is 16.7. The van der Waals surface area contributed by atoms with Crippen molar-refractivity contribution in [3.05, 3.63) is 59.8 Å². The van der Waals surface area contributed by atoms with Crippen LogP contribution in [0.2, 0.25) is 0 Å². The zero-order chi connectivity index (χ0) is 20.5. The van der Waals surface area contributed by atoms with Crippen LogP contribution in [0.4, 0.5) is 10.6 Å². The van der Waals surface area contributed by atoms with E-state index in [0.29, 0.717) is 13.1 Å². The maximum Gasteiger partial charge on any atom is 0.317 e. The minimum Gasteiger partial charge on any atom is -0.370 e. The van der Waals surface area contributed by atoms with E-state index in [9.17, 15) is 9.59 Å². The SMILES string of the molecule is NC(=O)CCN(Cc1ccccc1)C(=O)NCc1cccnc1N1CCCCC1. The van der Waals surface area contributed by atoms with Gasteiger partial charge in [0.25, 0.3) is 0 Å². The highest BCUT2D eigenvalue weighted by atomic mass is 16.2. The van der Waals surface area contributed by atoms with E-state index >= 15 is 0 Å². The average Bonchev–Trinajstić information content (AvgIpc) is 2.76. The van der Waals surface area contributed by atoms with Gasteiger partial charge in [0.1, 0.15) is 5.82 Å². The van der Waals surface area contributed by atoms with Crippen molar-refractivity contribution in [1.29, 1.82) is 0 Å². The molecule has 154 valence electrons. The lowest BCUT2D eigenvalue weighted by Gasteiger charge is -2.29. The smallest absolute Gasteiger partial charge is 0.317 e. The Labute approximate surface area is 171 Å². The molecule has 2 aromatic rings. The predicted molar refractivity (Wildman–Crippen MR) is 113 cm³/mol. The van der Waals surface area contributed by atoms with Crippen LogP contribution >= 0.6 is 0 Å². The summed E-state index contributed by atoms with van der Waals surface area (Å²) >= 11 is 0. The third-order valence-electron chi connectivity index (χ3n) is 5.08. The van der Waals surface area contributed by atoms with Crippen molar-refractivity contribution >= 4 is 17.8 Å². The van der Waals surface area contributed by atoms with Gasteiger partial charge in [0.15, 0.2) is 0 Å². The molecular weight excluding hydrogens is 366 g/mol. The Kier molecular flexibility index (Phi) is 7.44. The number of benzene rings is 1. The van der Waals surface area contributed by atoms with Crippen LogP contribution in [0.5, 0.6) is 0 Å². The Morgan fingerprint density at radius 2 is 1.83 bits per heavy atom. The Morgan fingerprint density at radius 1 is 1.07 bits per heavy atom. The molecule has 1 aromatic heterocycles. The minimum absolute atomic E-state index is 0.131. The van der Waals surface area contributed by atoms with Crippen LogP contribution in [-0.2, 0) is 17.9 Å². The van der Waals surface area contributed by atoms with Gasteiger partial charge in [-0.05, 0) is 30.9 Å². The summed E-state index contributed by atoms with van der Waals surface area (Å²) in [6, 6.07) is 13.4. The summed E-state index contributed by atoms with van der Waals surface area (Å²) in [6.07, 6.45) is 5.51. The van der Waals surface area contributed by atoms with Gasteiger partial charge < -0.3 is 20.9 Å². The lowest BCUT2D eigenvalue weighted by Crippen LogP contribution is -2.41. The van der Waals surface area contributed by atoms with E-state index in [-0.39, 0.29) is 19.0 Å². The fraction of sp³-hybridized carbons (Fsp3) is 0.409. The van der Waals surface area contributed by atoms with E-state index in [1.54, 1.807) is 11.1 Å². The number of aromatic nitrogens is 1. The molecule has 0 radical (unpaired) electrons. The summed E-state index contributed by atoms with van der Waals surface area (Å²) in [5, 5.41) is 2.99. The van der Waals surface area contributed by atoms with Crippen LogP contribution in [0, 0.1) is 0 Å². The molecule has 2 heterocycles. The maximum absolute atomic E-state index is 12.8. The van der Waals surface area contributed by atoms with E-state index in [0.717, 1.165) is 30.0 Å². The number of piperidine rings is 1. The number of pyridine rings is 1. The van der Waals surface area contributed by atoms with Crippen molar-refractivity contribution in [2.24, 2.45) is 5.73 Å². The summed E-state index contributed by atoms with van der Waals surface area (Å²) in [5.41, 5.74) is 7.29. The van der Waals surface area contributed by atoms with Gasteiger partial charge >= 0.3 is 6.03 Å². The van der Waals surface area contributed by atoms with Crippen LogP contribution < -0.4 is 16.0 Å². The molecule has 7 nitrogen and oxygen atoms in total. The molecular formula is C22H29N5O2. The van der Waals surface area contributed by atoms with Crippen molar-refractivity contribution in [2.75, 3.05) is 24.5 Å². The number of hydrogen-bond donors (Lipinski definition) is 2. The second kappa shape index (κ2) is 10.5. The van der Waals surface area contributed by atoms with Crippen molar-refractivity contribution in [3.63, 3.8) is 0 Å². The fourth-order valence-electron chi connectivity index (χ4n) is 3.54. The highest BCUT2D eigenvalue weighted by Crippen LogP contribution is 2.21. The first kappa shape index (κ1) is 20.6. The van der Waals surface area contributed by atoms with Gasteiger partial charge in [-0.25, -0.2) is 9.78 Å². The number of nitrogens with one attached hydrogen (secondary N) is 1. The average molecular weight is 396 g/mol. The Morgan fingerprint density at radius 3 is 2.55 bits per heavy atom. The molecule has 1 aliphatic rings. The van der Waals surface area contributed by atoms with Crippen LogP contribution in [-0.4, -0.2) is 41.5 Å². The molecule has 0 bridgehead atoms. The lowest BCUT2D eigenvalue weighted by atomic mass is 10.1. The molecule has 1 saturated heterocycles. The molecule has 3 amide bonds. The Balaban J connectivity index is 1.65. The number of urea groups is 1. The number of nitrogens with two attached hydrogens (primary N) is 1. The first-order chi connectivity index (χ1) is 14.1. The van der Waals surface area contributed by atoms with Gasteiger partial charge in [-0.15, -0.1) is 0 Å². The molecule has 3 rings (SSSR count). The van der Waals surface area contributed by atoms with Crippen molar-refractivity contribution in [3.8, 4) is 0 Å². The number of amides is 3. The Hall–Kier alpha value is -3.09. The van der Waals surface area contributed by atoms with Crippen LogP contribution in [0.15, 0.2) is 48.7 Å². The number of carbonyl (C=O) groups excluding carboxylic acids is 2. The fourth-order valence-corrected chi connectivity index (χ4v) is 3.54. The molecule has 0 aliphatic carbocycles. The molecule has 7 heteroatoms. The van der Waals surface area contributed by atoms with Gasteiger partial charge in [-0.3, -0.25) is 4.79 Å². The quantitative estimate of drug-likeness (QED) is 0.719. The van der Waals surface area contributed by atoms with Crippen LogP contribution in [0.25, 0.3) is 0 Å². The largest absolute Gasteiger partial charge is 0.370 e. The highest BCUT2D eigenvalue weighted by molar-refractivity contribution is 5.77. The normalized spacial score (nSPS) is 13.7. The lowest BCUT2D eigenvalue weighted by molar-refractivity contribution is -0.118. The van der Waals surface area contributed by atoms with Crippen LogP contribution in [0.3, 0.4) is 0 Å². The van der Waals surface area contributed by atoms with E-state index < -0.39 is 5.91 Å². The summed E-state index contributed by atoms with van der Waals surface area (Å²) in [7, 11) is 0. The standard InChI is InChI=1S/C22H29N5O2/c23-20(28)11-15-27(17-18-8-3-1-4-9-18)22(29)25-16-19-10-7-12-24-21(19)26-13-5-2-6-14-26/h1,3-4,7-10,12H,2,5-6,11,13-17H2,(H2,23,28)(H,25,29). The second-order valence-corrected chi connectivity index (χ2v) is 7.32. The first-order valence-corrected chi connectivity index (χ1v) is 10.2. The molecule has 0 unspecified atom stereocenters. The summed E-state index contributed by atoms with van der Waals surface area (Å²) in [5.74, 6) is 0.523. The third-order valence-corrected chi connectivity index (χ3v) is 5.08.